The van der Waals surface area contributed by atoms with Crippen molar-refractivity contribution in [2.24, 2.45) is 0 Å². The molecular formula is C23H19F2N3. The maximum absolute atomic E-state index is 14.3. The van der Waals surface area contributed by atoms with Crippen molar-refractivity contribution < 1.29 is 8.78 Å². The number of benzene rings is 3. The Labute approximate surface area is 162 Å². The Hall–Kier alpha value is -3.34. The zero-order valence-electron chi connectivity index (χ0n) is 15.4. The largest absolute Gasteiger partial charge is 0.359 e. The molecule has 4 aromatic rings. The van der Waals surface area contributed by atoms with Crippen LogP contribution in [0.1, 0.15) is 5.56 Å². The van der Waals surface area contributed by atoms with E-state index in [4.69, 9.17) is 0 Å². The summed E-state index contributed by atoms with van der Waals surface area (Å²) in [5.41, 5.74) is 1.98. The minimum atomic E-state index is -0.935. The van der Waals surface area contributed by atoms with Crippen molar-refractivity contribution >= 4 is 16.7 Å². The van der Waals surface area contributed by atoms with E-state index in [0.717, 1.165) is 24.4 Å². The fourth-order valence-electron chi connectivity index (χ4n) is 3.20. The number of likely N-dealkylation sites (N-methyl/N-ethyl adjacent to an activating group) is 1. The molecule has 3 nitrogen and oxygen atoms in total. The predicted octanol–water partition coefficient (Wildman–Crippen LogP) is 5.25. The maximum atomic E-state index is 14.3. The topological polar surface area (TPSA) is 29.0 Å². The highest BCUT2D eigenvalue weighted by molar-refractivity contribution is 5.91. The summed E-state index contributed by atoms with van der Waals surface area (Å²) in [5.74, 6) is -0.971. The van der Waals surface area contributed by atoms with Crippen LogP contribution in [0.5, 0.6) is 0 Å². The van der Waals surface area contributed by atoms with Crippen molar-refractivity contribution in [2.45, 2.75) is 6.42 Å². The number of anilines is 1. The lowest BCUT2D eigenvalue weighted by Crippen LogP contribution is -2.22. The number of hydrogen-bond acceptors (Lipinski definition) is 3. The number of aromatic nitrogens is 2. The summed E-state index contributed by atoms with van der Waals surface area (Å²) in [6, 6.07) is 21.8. The smallest absolute Gasteiger partial charge is 0.169 e. The van der Waals surface area contributed by atoms with E-state index in [1.54, 1.807) is 0 Å². The molecule has 0 aliphatic rings. The van der Waals surface area contributed by atoms with Gasteiger partial charge in [-0.05, 0) is 36.2 Å². The summed E-state index contributed by atoms with van der Waals surface area (Å²) < 4.78 is 28.0. The maximum Gasteiger partial charge on any atom is 0.169 e. The Bertz CT molecular complexity index is 1110. The molecular weight excluding hydrogens is 356 g/mol. The van der Waals surface area contributed by atoms with Crippen molar-refractivity contribution in [3.63, 3.8) is 0 Å². The third kappa shape index (κ3) is 3.56. The zero-order valence-corrected chi connectivity index (χ0v) is 15.4. The number of fused-ring (bicyclic) bond motifs is 1. The van der Waals surface area contributed by atoms with Crippen molar-refractivity contribution in [2.75, 3.05) is 18.5 Å². The molecule has 0 aliphatic carbocycles. The van der Waals surface area contributed by atoms with E-state index in [1.165, 1.54) is 17.7 Å². The molecule has 0 unspecified atom stereocenters. The van der Waals surface area contributed by atoms with Gasteiger partial charge in [0, 0.05) is 19.0 Å². The Morgan fingerprint density at radius 1 is 0.821 bits per heavy atom. The minimum absolute atomic E-state index is 0.0588. The molecule has 1 aromatic heterocycles. The minimum Gasteiger partial charge on any atom is -0.359 e. The molecule has 0 radical (unpaired) electrons. The van der Waals surface area contributed by atoms with Gasteiger partial charge in [-0.15, -0.1) is 0 Å². The summed E-state index contributed by atoms with van der Waals surface area (Å²) in [6.07, 6.45) is 0.847. The van der Waals surface area contributed by atoms with E-state index < -0.39 is 11.6 Å². The van der Waals surface area contributed by atoms with Gasteiger partial charge in [0.15, 0.2) is 17.5 Å². The molecule has 0 bridgehead atoms. The van der Waals surface area contributed by atoms with Crippen LogP contribution >= 0.6 is 0 Å². The average molecular weight is 375 g/mol. The lowest BCUT2D eigenvalue weighted by atomic mass is 10.1. The van der Waals surface area contributed by atoms with Crippen LogP contribution in [-0.2, 0) is 6.42 Å². The molecule has 28 heavy (non-hydrogen) atoms. The van der Waals surface area contributed by atoms with E-state index in [-0.39, 0.29) is 11.4 Å². The molecule has 0 amide bonds. The van der Waals surface area contributed by atoms with Crippen molar-refractivity contribution in [3.05, 3.63) is 90.0 Å². The molecule has 0 saturated carbocycles. The highest BCUT2D eigenvalue weighted by Crippen LogP contribution is 2.29. The van der Waals surface area contributed by atoms with Gasteiger partial charge in [-0.25, -0.2) is 18.7 Å². The SMILES string of the molecule is CN(CCc1ccccc1)c1nc(-c2cccc(F)c2F)nc2ccccc12. The number of nitrogens with zero attached hydrogens (tertiary/aromatic N) is 3. The van der Waals surface area contributed by atoms with Crippen LogP contribution in [0.25, 0.3) is 22.3 Å². The molecule has 0 atom stereocenters. The second kappa shape index (κ2) is 7.72. The van der Waals surface area contributed by atoms with Gasteiger partial charge in [0.05, 0.1) is 11.1 Å². The number of halogens is 2. The highest BCUT2D eigenvalue weighted by atomic mass is 19.2. The lowest BCUT2D eigenvalue weighted by Gasteiger charge is -2.21. The van der Waals surface area contributed by atoms with E-state index in [1.807, 2.05) is 54.4 Å². The standard InChI is InChI=1S/C23H19F2N3/c1-28(15-14-16-8-3-2-4-9-16)23-17-10-5-6-13-20(17)26-22(27-23)18-11-7-12-19(24)21(18)25/h2-13H,14-15H2,1H3. The molecule has 0 N–H and O–H groups in total. The van der Waals surface area contributed by atoms with Gasteiger partial charge in [0.1, 0.15) is 5.82 Å². The van der Waals surface area contributed by atoms with Crippen molar-refractivity contribution in [1.82, 2.24) is 9.97 Å². The summed E-state index contributed by atoms with van der Waals surface area (Å²) in [4.78, 5) is 11.1. The molecule has 3 aromatic carbocycles. The van der Waals surface area contributed by atoms with E-state index in [9.17, 15) is 8.78 Å². The number of hydrogen-bond donors (Lipinski definition) is 0. The first-order valence-electron chi connectivity index (χ1n) is 9.10. The normalized spacial score (nSPS) is 11.0. The molecule has 0 saturated heterocycles. The van der Waals surface area contributed by atoms with Crippen LogP contribution in [0.3, 0.4) is 0 Å². The lowest BCUT2D eigenvalue weighted by molar-refractivity contribution is 0.510. The molecule has 0 fully saturated rings. The quantitative estimate of drug-likeness (QED) is 0.477. The summed E-state index contributed by atoms with van der Waals surface area (Å²) in [7, 11) is 1.95. The first-order valence-corrected chi connectivity index (χ1v) is 9.10. The monoisotopic (exact) mass is 375 g/mol. The van der Waals surface area contributed by atoms with Crippen LogP contribution in [0.15, 0.2) is 72.8 Å². The molecule has 140 valence electrons. The Balaban J connectivity index is 1.75. The van der Waals surface area contributed by atoms with Crippen molar-refractivity contribution in [1.29, 1.82) is 0 Å². The van der Waals surface area contributed by atoms with Crippen LogP contribution in [-0.4, -0.2) is 23.6 Å². The summed E-state index contributed by atoms with van der Waals surface area (Å²) >= 11 is 0. The molecule has 0 aliphatic heterocycles. The van der Waals surface area contributed by atoms with Gasteiger partial charge in [0.25, 0.3) is 0 Å². The van der Waals surface area contributed by atoms with Crippen LogP contribution in [0.2, 0.25) is 0 Å². The Morgan fingerprint density at radius 3 is 2.39 bits per heavy atom. The van der Waals surface area contributed by atoms with Gasteiger partial charge in [-0.3, -0.25) is 0 Å². The number of para-hydroxylation sites is 1. The van der Waals surface area contributed by atoms with E-state index >= 15 is 0 Å². The molecule has 5 heteroatoms. The highest BCUT2D eigenvalue weighted by Gasteiger charge is 2.17. The molecule has 0 spiro atoms. The molecule has 1 heterocycles. The van der Waals surface area contributed by atoms with Gasteiger partial charge in [-0.1, -0.05) is 48.5 Å². The second-order valence-corrected chi connectivity index (χ2v) is 6.65. The second-order valence-electron chi connectivity index (χ2n) is 6.65. The Kier molecular flexibility index (Phi) is 4.98. The van der Waals surface area contributed by atoms with E-state index in [0.29, 0.717) is 11.3 Å². The van der Waals surface area contributed by atoms with Crippen molar-refractivity contribution in [3.8, 4) is 11.4 Å². The van der Waals surface area contributed by atoms with Gasteiger partial charge < -0.3 is 4.90 Å². The zero-order chi connectivity index (χ0) is 19.5. The fourth-order valence-corrected chi connectivity index (χ4v) is 3.20. The summed E-state index contributed by atoms with van der Waals surface area (Å²) in [6.45, 7) is 0.732. The van der Waals surface area contributed by atoms with Gasteiger partial charge >= 0.3 is 0 Å². The Morgan fingerprint density at radius 2 is 1.57 bits per heavy atom. The van der Waals surface area contributed by atoms with Crippen LogP contribution in [0.4, 0.5) is 14.6 Å². The average Bonchev–Trinajstić information content (AvgIpc) is 2.74. The predicted molar refractivity (Wildman–Crippen MR) is 108 cm³/mol. The van der Waals surface area contributed by atoms with Crippen LogP contribution in [0, 0.1) is 11.6 Å². The fraction of sp³-hybridized carbons (Fsp3) is 0.130. The summed E-state index contributed by atoms with van der Waals surface area (Å²) in [5, 5.41) is 0.874. The van der Waals surface area contributed by atoms with Crippen LogP contribution < -0.4 is 4.90 Å². The molecule has 4 rings (SSSR count). The first kappa shape index (κ1) is 18.0. The van der Waals surface area contributed by atoms with Gasteiger partial charge in [-0.2, -0.15) is 0 Å². The van der Waals surface area contributed by atoms with Gasteiger partial charge in [0.2, 0.25) is 0 Å². The first-order chi connectivity index (χ1) is 13.6. The number of rotatable bonds is 5. The van der Waals surface area contributed by atoms with E-state index in [2.05, 4.69) is 22.1 Å². The third-order valence-corrected chi connectivity index (χ3v) is 4.72. The third-order valence-electron chi connectivity index (χ3n) is 4.72.